The molecule has 0 spiro atoms. The third kappa shape index (κ3) is 2.87. The van der Waals surface area contributed by atoms with E-state index in [1.165, 1.54) is 25.7 Å². The molecular formula is C15H18BrClO2. The molecule has 0 bridgehead atoms. The van der Waals surface area contributed by atoms with Crippen LogP contribution in [0.25, 0.3) is 0 Å². The molecule has 1 saturated carbocycles. The van der Waals surface area contributed by atoms with Crippen molar-refractivity contribution >= 4 is 27.5 Å². The van der Waals surface area contributed by atoms with Gasteiger partial charge in [0.25, 0.3) is 0 Å². The van der Waals surface area contributed by atoms with Gasteiger partial charge in [-0.05, 0) is 30.4 Å². The minimum atomic E-state index is 0.319. The van der Waals surface area contributed by atoms with Gasteiger partial charge in [-0.3, -0.25) is 0 Å². The second kappa shape index (κ2) is 5.92. The highest BCUT2D eigenvalue weighted by molar-refractivity contribution is 9.09. The molecule has 19 heavy (non-hydrogen) atoms. The molecule has 1 unspecified atom stereocenters. The zero-order chi connectivity index (χ0) is 13.2. The molecule has 1 atom stereocenters. The molecule has 0 N–H and O–H groups in total. The minimum Gasteiger partial charge on any atom is -0.490 e. The first kappa shape index (κ1) is 13.6. The number of fused-ring (bicyclic) bond motifs is 1. The van der Waals surface area contributed by atoms with Gasteiger partial charge in [-0.25, -0.2) is 0 Å². The molecule has 1 aliphatic heterocycles. The molecule has 1 fully saturated rings. The molecule has 1 aliphatic carbocycles. The fourth-order valence-corrected chi connectivity index (χ4v) is 4.23. The third-order valence-corrected chi connectivity index (χ3v) is 5.55. The van der Waals surface area contributed by atoms with Gasteiger partial charge in [0.1, 0.15) is 0 Å². The predicted octanol–water partition coefficient (Wildman–Crippen LogP) is 5.13. The molecule has 2 aliphatic rings. The molecule has 0 radical (unpaired) electrons. The molecule has 1 aromatic rings. The van der Waals surface area contributed by atoms with Gasteiger partial charge in [0, 0.05) is 22.3 Å². The van der Waals surface area contributed by atoms with Gasteiger partial charge in [0.05, 0.1) is 13.2 Å². The average molecular weight is 346 g/mol. The summed E-state index contributed by atoms with van der Waals surface area (Å²) in [5.74, 6) is 2.29. The van der Waals surface area contributed by atoms with Crippen molar-refractivity contribution in [1.82, 2.24) is 0 Å². The summed E-state index contributed by atoms with van der Waals surface area (Å²) in [7, 11) is 0. The Labute approximate surface area is 127 Å². The highest BCUT2D eigenvalue weighted by Crippen LogP contribution is 2.46. The Morgan fingerprint density at radius 3 is 2.37 bits per heavy atom. The van der Waals surface area contributed by atoms with Gasteiger partial charge in [0.15, 0.2) is 11.5 Å². The third-order valence-electron chi connectivity index (χ3n) is 3.98. The van der Waals surface area contributed by atoms with Crippen molar-refractivity contribution in [2.24, 2.45) is 5.92 Å². The maximum absolute atomic E-state index is 6.42. The molecule has 0 aromatic heterocycles. The van der Waals surface area contributed by atoms with Crippen LogP contribution in [-0.4, -0.2) is 13.2 Å². The number of hydrogen-bond acceptors (Lipinski definition) is 2. The van der Waals surface area contributed by atoms with E-state index in [-0.39, 0.29) is 0 Å². The Bertz CT molecular complexity index is 458. The molecular weight excluding hydrogens is 328 g/mol. The quantitative estimate of drug-likeness (QED) is 0.692. The number of ether oxygens (including phenoxy) is 2. The summed E-state index contributed by atoms with van der Waals surface area (Å²) in [4.78, 5) is 0.319. The fraction of sp³-hybridized carbons (Fsp3) is 0.600. The lowest BCUT2D eigenvalue weighted by Gasteiger charge is -2.20. The van der Waals surface area contributed by atoms with Crippen LogP contribution < -0.4 is 9.47 Å². The Balaban J connectivity index is 1.90. The molecule has 2 nitrogen and oxygen atoms in total. The van der Waals surface area contributed by atoms with Crippen LogP contribution in [-0.2, 0) is 0 Å². The first-order valence-corrected chi connectivity index (χ1v) is 8.28. The van der Waals surface area contributed by atoms with Gasteiger partial charge in [-0.15, -0.1) is 0 Å². The largest absolute Gasteiger partial charge is 0.490 e. The topological polar surface area (TPSA) is 18.5 Å². The first-order chi connectivity index (χ1) is 9.25. The van der Waals surface area contributed by atoms with Crippen molar-refractivity contribution in [2.45, 2.75) is 36.9 Å². The zero-order valence-corrected chi connectivity index (χ0v) is 13.2. The van der Waals surface area contributed by atoms with E-state index < -0.39 is 0 Å². The van der Waals surface area contributed by atoms with Crippen molar-refractivity contribution in [3.63, 3.8) is 0 Å². The summed E-state index contributed by atoms with van der Waals surface area (Å²) < 4.78 is 11.4. The summed E-state index contributed by atoms with van der Waals surface area (Å²) in [6, 6.07) is 3.96. The maximum atomic E-state index is 6.42. The van der Waals surface area contributed by atoms with E-state index in [2.05, 4.69) is 22.0 Å². The number of hydrogen-bond donors (Lipinski definition) is 0. The molecule has 104 valence electrons. The summed E-state index contributed by atoms with van der Waals surface area (Å²) in [5.41, 5.74) is 1.14. The Morgan fingerprint density at radius 2 is 1.68 bits per heavy atom. The minimum absolute atomic E-state index is 0.319. The van der Waals surface area contributed by atoms with Crippen molar-refractivity contribution < 1.29 is 9.47 Å². The Morgan fingerprint density at radius 1 is 1.05 bits per heavy atom. The average Bonchev–Trinajstić information content (AvgIpc) is 2.84. The van der Waals surface area contributed by atoms with Crippen LogP contribution >= 0.6 is 27.5 Å². The van der Waals surface area contributed by atoms with E-state index in [9.17, 15) is 0 Å². The van der Waals surface area contributed by atoms with Crippen LogP contribution in [0.5, 0.6) is 11.5 Å². The van der Waals surface area contributed by atoms with Gasteiger partial charge < -0.3 is 9.47 Å². The maximum Gasteiger partial charge on any atom is 0.162 e. The van der Waals surface area contributed by atoms with E-state index in [4.69, 9.17) is 21.1 Å². The van der Waals surface area contributed by atoms with Crippen LogP contribution in [0.1, 0.15) is 42.5 Å². The SMILES string of the molecule is Clc1cc2c(cc1C(Br)C1CCCC1)OCCCO2. The summed E-state index contributed by atoms with van der Waals surface area (Å²) in [5, 5.41) is 0.776. The summed E-state index contributed by atoms with van der Waals surface area (Å²) in [6.07, 6.45) is 6.13. The molecule has 1 aromatic carbocycles. The zero-order valence-electron chi connectivity index (χ0n) is 10.8. The smallest absolute Gasteiger partial charge is 0.162 e. The van der Waals surface area contributed by atoms with E-state index >= 15 is 0 Å². The van der Waals surface area contributed by atoms with E-state index in [0.717, 1.165) is 28.5 Å². The molecule has 0 saturated heterocycles. The second-order valence-electron chi connectivity index (χ2n) is 5.32. The molecule has 1 heterocycles. The summed E-state index contributed by atoms with van der Waals surface area (Å²) in [6.45, 7) is 1.41. The van der Waals surface area contributed by atoms with Crippen LogP contribution in [0.15, 0.2) is 12.1 Å². The Hall–Kier alpha value is -0.410. The predicted molar refractivity (Wildman–Crippen MR) is 80.7 cm³/mol. The lowest BCUT2D eigenvalue weighted by atomic mass is 9.97. The standard InChI is InChI=1S/C15H18BrClO2/c16-15(10-4-1-2-5-10)11-8-13-14(9-12(11)17)19-7-3-6-18-13/h8-10,15H,1-7H2. The second-order valence-corrected chi connectivity index (χ2v) is 6.71. The summed E-state index contributed by atoms with van der Waals surface area (Å²) >= 11 is 10.3. The molecule has 0 amide bonds. The van der Waals surface area contributed by atoms with Crippen LogP contribution in [0.4, 0.5) is 0 Å². The number of halogens is 2. The van der Waals surface area contributed by atoms with Gasteiger partial charge in [0.2, 0.25) is 0 Å². The highest BCUT2D eigenvalue weighted by Gasteiger charge is 2.27. The van der Waals surface area contributed by atoms with Crippen LogP contribution in [0.2, 0.25) is 5.02 Å². The van der Waals surface area contributed by atoms with Gasteiger partial charge >= 0.3 is 0 Å². The lowest BCUT2D eigenvalue weighted by Crippen LogP contribution is -2.04. The molecule has 3 rings (SSSR count). The van der Waals surface area contributed by atoms with Crippen LogP contribution in [0, 0.1) is 5.92 Å². The lowest BCUT2D eigenvalue weighted by molar-refractivity contribution is 0.297. The van der Waals surface area contributed by atoms with Crippen molar-refractivity contribution in [3.8, 4) is 11.5 Å². The van der Waals surface area contributed by atoms with Crippen molar-refractivity contribution in [2.75, 3.05) is 13.2 Å². The van der Waals surface area contributed by atoms with Gasteiger partial charge in [-0.2, -0.15) is 0 Å². The number of alkyl halides is 1. The van der Waals surface area contributed by atoms with Crippen LogP contribution in [0.3, 0.4) is 0 Å². The number of rotatable bonds is 2. The van der Waals surface area contributed by atoms with E-state index in [1.807, 2.05) is 6.07 Å². The van der Waals surface area contributed by atoms with E-state index in [1.54, 1.807) is 0 Å². The van der Waals surface area contributed by atoms with Crippen molar-refractivity contribution in [3.05, 3.63) is 22.7 Å². The normalized spacial score (nSPS) is 21.2. The van der Waals surface area contributed by atoms with Crippen molar-refractivity contribution in [1.29, 1.82) is 0 Å². The number of benzene rings is 1. The fourth-order valence-electron chi connectivity index (χ4n) is 2.91. The first-order valence-electron chi connectivity index (χ1n) is 6.99. The van der Waals surface area contributed by atoms with E-state index in [0.29, 0.717) is 24.0 Å². The molecule has 4 heteroatoms. The monoisotopic (exact) mass is 344 g/mol. The highest BCUT2D eigenvalue weighted by atomic mass is 79.9. The Kier molecular flexibility index (Phi) is 4.23. The van der Waals surface area contributed by atoms with Gasteiger partial charge in [-0.1, -0.05) is 40.4 Å².